The molecule has 3 rings (SSSR count). The Hall–Kier alpha value is -1.46. The molecule has 1 aliphatic heterocycles. The number of nitrogens with zero attached hydrogens (tertiary/aromatic N) is 1. The van der Waals surface area contributed by atoms with Crippen molar-refractivity contribution >= 4 is 11.1 Å². The van der Waals surface area contributed by atoms with E-state index in [-0.39, 0.29) is 11.9 Å². The zero-order valence-corrected chi connectivity index (χ0v) is 7.96. The summed E-state index contributed by atoms with van der Waals surface area (Å²) in [6, 6.07) is 4.45. The standard InChI is InChI=1S/C10H10FN3O/c11-6-1-2-7-9(5-6)15-10(13-7)8-3-4-12-14-8/h1-2,5,8,12,14H,3-4H2. The Balaban J connectivity index is 2.05. The minimum Gasteiger partial charge on any atom is -0.439 e. The SMILES string of the molecule is Fc1ccc2nc(C3CCNN3)oc2c1. The van der Waals surface area contributed by atoms with Crippen molar-refractivity contribution in [2.75, 3.05) is 6.54 Å². The topological polar surface area (TPSA) is 50.1 Å². The maximum atomic E-state index is 12.9. The molecule has 0 amide bonds. The average molecular weight is 207 g/mol. The van der Waals surface area contributed by atoms with Gasteiger partial charge in [-0.05, 0) is 18.6 Å². The molecular formula is C10H10FN3O. The van der Waals surface area contributed by atoms with Crippen LogP contribution in [0.5, 0.6) is 0 Å². The lowest BCUT2D eigenvalue weighted by atomic mass is 10.2. The van der Waals surface area contributed by atoms with E-state index >= 15 is 0 Å². The summed E-state index contributed by atoms with van der Waals surface area (Å²) in [7, 11) is 0. The molecule has 0 radical (unpaired) electrons. The van der Waals surface area contributed by atoms with Gasteiger partial charge in [0.2, 0.25) is 5.89 Å². The fraction of sp³-hybridized carbons (Fsp3) is 0.300. The largest absolute Gasteiger partial charge is 0.439 e. The lowest BCUT2D eigenvalue weighted by Crippen LogP contribution is -2.24. The highest BCUT2D eigenvalue weighted by Crippen LogP contribution is 2.23. The van der Waals surface area contributed by atoms with E-state index < -0.39 is 0 Å². The van der Waals surface area contributed by atoms with Crippen molar-refractivity contribution in [2.24, 2.45) is 0 Å². The first-order chi connectivity index (χ1) is 7.33. The smallest absolute Gasteiger partial charge is 0.214 e. The van der Waals surface area contributed by atoms with Gasteiger partial charge in [0, 0.05) is 12.6 Å². The van der Waals surface area contributed by atoms with Crippen molar-refractivity contribution in [3.05, 3.63) is 29.9 Å². The molecule has 5 heteroatoms. The quantitative estimate of drug-likeness (QED) is 0.744. The summed E-state index contributed by atoms with van der Waals surface area (Å²) in [4.78, 5) is 4.30. The van der Waals surface area contributed by atoms with Gasteiger partial charge >= 0.3 is 0 Å². The highest BCUT2D eigenvalue weighted by Gasteiger charge is 2.21. The number of rotatable bonds is 1. The van der Waals surface area contributed by atoms with Crippen LogP contribution in [0, 0.1) is 5.82 Å². The first-order valence-electron chi connectivity index (χ1n) is 4.87. The van der Waals surface area contributed by atoms with Crippen molar-refractivity contribution in [1.82, 2.24) is 15.8 Å². The van der Waals surface area contributed by atoms with Gasteiger partial charge in [0.05, 0.1) is 6.04 Å². The number of hydrogen-bond donors (Lipinski definition) is 2. The van der Waals surface area contributed by atoms with Gasteiger partial charge in [-0.3, -0.25) is 5.43 Å². The summed E-state index contributed by atoms with van der Waals surface area (Å²) in [5.74, 6) is 0.309. The molecule has 4 nitrogen and oxygen atoms in total. The molecule has 15 heavy (non-hydrogen) atoms. The van der Waals surface area contributed by atoms with E-state index in [9.17, 15) is 4.39 Å². The van der Waals surface area contributed by atoms with Crippen LogP contribution in [0.2, 0.25) is 0 Å². The molecule has 1 unspecified atom stereocenters. The zero-order chi connectivity index (χ0) is 10.3. The van der Waals surface area contributed by atoms with E-state index in [2.05, 4.69) is 15.8 Å². The molecule has 1 aliphatic rings. The van der Waals surface area contributed by atoms with Crippen LogP contribution in [0.15, 0.2) is 22.6 Å². The van der Waals surface area contributed by atoms with E-state index in [4.69, 9.17) is 4.42 Å². The first kappa shape index (κ1) is 8.82. The Bertz CT molecular complexity index is 490. The van der Waals surface area contributed by atoms with Crippen molar-refractivity contribution in [2.45, 2.75) is 12.5 Å². The lowest BCUT2D eigenvalue weighted by Gasteiger charge is -2.01. The molecule has 2 N–H and O–H groups in total. The number of fused-ring (bicyclic) bond motifs is 1. The van der Waals surface area contributed by atoms with E-state index in [1.165, 1.54) is 12.1 Å². The van der Waals surface area contributed by atoms with Gasteiger partial charge in [0.15, 0.2) is 5.58 Å². The molecule has 2 heterocycles. The van der Waals surface area contributed by atoms with Crippen LogP contribution < -0.4 is 10.9 Å². The minimum atomic E-state index is -0.303. The second-order valence-electron chi connectivity index (χ2n) is 3.58. The Morgan fingerprint density at radius 2 is 2.40 bits per heavy atom. The van der Waals surface area contributed by atoms with Crippen LogP contribution in [-0.4, -0.2) is 11.5 Å². The predicted octanol–water partition coefficient (Wildman–Crippen LogP) is 1.51. The van der Waals surface area contributed by atoms with E-state index in [1.54, 1.807) is 6.07 Å². The maximum absolute atomic E-state index is 12.9. The normalized spacial score (nSPS) is 21.3. The molecule has 0 aliphatic carbocycles. The fourth-order valence-corrected chi connectivity index (χ4v) is 1.73. The summed E-state index contributed by atoms with van der Waals surface area (Å²) >= 11 is 0. The number of aromatic nitrogens is 1. The van der Waals surface area contributed by atoms with Crippen LogP contribution in [0.3, 0.4) is 0 Å². The molecule has 0 bridgehead atoms. The summed E-state index contributed by atoms with van der Waals surface area (Å²) in [5, 5.41) is 0. The van der Waals surface area contributed by atoms with Gasteiger partial charge in [-0.1, -0.05) is 0 Å². The summed E-state index contributed by atoms with van der Waals surface area (Å²) in [6.07, 6.45) is 0.926. The number of hydrogen-bond acceptors (Lipinski definition) is 4. The van der Waals surface area contributed by atoms with Gasteiger partial charge in [-0.2, -0.15) is 0 Å². The third kappa shape index (κ3) is 1.49. The highest BCUT2D eigenvalue weighted by molar-refractivity contribution is 5.72. The molecule has 78 valence electrons. The van der Waals surface area contributed by atoms with Gasteiger partial charge in [-0.25, -0.2) is 14.8 Å². The van der Waals surface area contributed by atoms with Crippen molar-refractivity contribution in [3.63, 3.8) is 0 Å². The summed E-state index contributed by atoms with van der Waals surface area (Å²) < 4.78 is 18.4. The Kier molecular flexibility index (Phi) is 1.93. The van der Waals surface area contributed by atoms with Gasteiger partial charge in [0.1, 0.15) is 11.3 Å². The molecule has 0 saturated carbocycles. The monoisotopic (exact) mass is 207 g/mol. The molecule has 1 saturated heterocycles. The predicted molar refractivity (Wildman–Crippen MR) is 52.5 cm³/mol. The molecule has 1 atom stereocenters. The Labute approximate surface area is 85.5 Å². The molecule has 1 aromatic carbocycles. The van der Waals surface area contributed by atoms with Crippen molar-refractivity contribution < 1.29 is 8.81 Å². The second kappa shape index (κ2) is 3.29. The van der Waals surface area contributed by atoms with Crippen molar-refractivity contribution in [1.29, 1.82) is 0 Å². The highest BCUT2D eigenvalue weighted by atomic mass is 19.1. The maximum Gasteiger partial charge on any atom is 0.214 e. The zero-order valence-electron chi connectivity index (χ0n) is 7.96. The van der Waals surface area contributed by atoms with Crippen LogP contribution in [0.1, 0.15) is 18.4 Å². The Morgan fingerprint density at radius 3 is 3.20 bits per heavy atom. The van der Waals surface area contributed by atoms with Gasteiger partial charge < -0.3 is 4.42 Å². The minimum absolute atomic E-state index is 0.0838. The Morgan fingerprint density at radius 1 is 1.47 bits per heavy atom. The van der Waals surface area contributed by atoms with Crippen LogP contribution in [0.4, 0.5) is 4.39 Å². The first-order valence-corrected chi connectivity index (χ1v) is 4.87. The second-order valence-corrected chi connectivity index (χ2v) is 3.58. The van der Waals surface area contributed by atoms with E-state index in [0.29, 0.717) is 17.0 Å². The van der Waals surface area contributed by atoms with Crippen LogP contribution in [-0.2, 0) is 0 Å². The van der Waals surface area contributed by atoms with Crippen LogP contribution >= 0.6 is 0 Å². The molecule has 1 aromatic heterocycles. The number of nitrogens with one attached hydrogen (secondary N) is 2. The number of oxazole rings is 1. The fourth-order valence-electron chi connectivity index (χ4n) is 1.73. The molecule has 1 fully saturated rings. The third-order valence-corrected chi connectivity index (χ3v) is 2.50. The third-order valence-electron chi connectivity index (χ3n) is 2.50. The average Bonchev–Trinajstić information content (AvgIpc) is 2.84. The number of halogens is 1. The van der Waals surface area contributed by atoms with Crippen LogP contribution in [0.25, 0.3) is 11.1 Å². The number of hydrazine groups is 1. The molecular weight excluding hydrogens is 197 g/mol. The van der Waals surface area contributed by atoms with Gasteiger partial charge in [-0.15, -0.1) is 0 Å². The van der Waals surface area contributed by atoms with Crippen molar-refractivity contribution in [3.8, 4) is 0 Å². The molecule has 2 aromatic rings. The summed E-state index contributed by atoms with van der Waals surface area (Å²) in [5.41, 5.74) is 7.24. The van der Waals surface area contributed by atoms with Gasteiger partial charge in [0.25, 0.3) is 0 Å². The summed E-state index contributed by atoms with van der Waals surface area (Å²) in [6.45, 7) is 0.887. The molecule has 0 spiro atoms. The lowest BCUT2D eigenvalue weighted by molar-refractivity contribution is 0.437. The van der Waals surface area contributed by atoms with E-state index in [1.807, 2.05) is 0 Å². The van der Waals surface area contributed by atoms with E-state index in [0.717, 1.165) is 13.0 Å². The number of benzene rings is 1.